The van der Waals surface area contributed by atoms with Crippen LogP contribution in [0, 0.1) is 0 Å². The van der Waals surface area contributed by atoms with Crippen molar-refractivity contribution in [3.05, 3.63) is 36.5 Å². The maximum absolute atomic E-state index is 12.5. The number of amides is 1. The minimum Gasteiger partial charge on any atom is -0.394 e. The van der Waals surface area contributed by atoms with Gasteiger partial charge in [0.1, 0.15) is 0 Å². The second kappa shape index (κ2) is 63.9. The molecule has 0 spiro atoms. The number of allylic oxidation sites excluding steroid dienone is 5. The van der Waals surface area contributed by atoms with Crippen molar-refractivity contribution in [2.75, 3.05) is 6.61 Å². The van der Waals surface area contributed by atoms with Crippen LogP contribution in [0.5, 0.6) is 0 Å². The van der Waals surface area contributed by atoms with E-state index in [0.717, 1.165) is 38.5 Å². The molecule has 2 unspecified atom stereocenters. The van der Waals surface area contributed by atoms with Crippen molar-refractivity contribution in [2.45, 2.75) is 386 Å². The van der Waals surface area contributed by atoms with Crippen LogP contribution >= 0.6 is 0 Å². The number of aliphatic hydroxyl groups excluding tert-OH is 2. The third-order valence-corrected chi connectivity index (χ3v) is 15.6. The van der Waals surface area contributed by atoms with Crippen molar-refractivity contribution < 1.29 is 15.0 Å². The highest BCUT2D eigenvalue weighted by Gasteiger charge is 2.18. The number of aliphatic hydroxyl groups is 2. The summed E-state index contributed by atoms with van der Waals surface area (Å²) in [5.74, 6) is -0.0702. The lowest BCUT2D eigenvalue weighted by molar-refractivity contribution is -0.123. The molecule has 0 fully saturated rings. The fourth-order valence-electron chi connectivity index (χ4n) is 10.6. The van der Waals surface area contributed by atoms with Crippen LogP contribution in [-0.4, -0.2) is 34.9 Å². The Morgan fingerprint density at radius 3 is 0.806 bits per heavy atom. The van der Waals surface area contributed by atoms with Crippen molar-refractivity contribution in [3.63, 3.8) is 0 Å². The first kappa shape index (κ1) is 70.6. The predicted molar refractivity (Wildman–Crippen MR) is 322 cm³/mol. The van der Waals surface area contributed by atoms with Crippen LogP contribution in [0.2, 0.25) is 0 Å². The van der Waals surface area contributed by atoms with Gasteiger partial charge in [0.2, 0.25) is 5.91 Å². The molecule has 0 saturated carbocycles. The minimum atomic E-state index is -0.870. The van der Waals surface area contributed by atoms with Gasteiger partial charge in [0.25, 0.3) is 0 Å². The maximum Gasteiger partial charge on any atom is 0.220 e. The van der Waals surface area contributed by atoms with Crippen molar-refractivity contribution in [2.24, 2.45) is 0 Å². The first-order valence-corrected chi connectivity index (χ1v) is 33.2. The molecule has 0 aromatic heterocycles. The Bertz CT molecular complexity index is 1100. The topological polar surface area (TPSA) is 69.6 Å². The Labute approximate surface area is 452 Å². The molecule has 0 saturated heterocycles. The highest BCUT2D eigenvalue weighted by Crippen LogP contribution is 2.19. The average molecular weight is 1010 g/mol. The first-order chi connectivity index (χ1) is 35.7. The number of carbonyl (C=O) groups is 1. The fourth-order valence-corrected chi connectivity index (χ4v) is 10.6. The van der Waals surface area contributed by atoms with Gasteiger partial charge in [-0.25, -0.2) is 0 Å². The molecule has 72 heavy (non-hydrogen) atoms. The first-order valence-electron chi connectivity index (χ1n) is 33.2. The van der Waals surface area contributed by atoms with Gasteiger partial charge in [0.15, 0.2) is 0 Å². The number of unbranched alkanes of at least 4 members (excludes halogenated alkanes) is 51. The van der Waals surface area contributed by atoms with Crippen molar-refractivity contribution in [1.82, 2.24) is 5.32 Å². The van der Waals surface area contributed by atoms with Crippen LogP contribution in [0.15, 0.2) is 36.5 Å². The highest BCUT2D eigenvalue weighted by atomic mass is 16.3. The molecule has 0 heterocycles. The number of hydrogen-bond donors (Lipinski definition) is 3. The van der Waals surface area contributed by atoms with E-state index in [1.54, 1.807) is 6.08 Å². The quantitative estimate of drug-likeness (QED) is 0.0420. The molecule has 3 N–H and O–H groups in total. The summed E-state index contributed by atoms with van der Waals surface area (Å²) in [5, 5.41) is 23.2. The van der Waals surface area contributed by atoms with Crippen LogP contribution in [0.1, 0.15) is 373 Å². The third kappa shape index (κ3) is 59.5. The Morgan fingerprint density at radius 1 is 0.319 bits per heavy atom. The van der Waals surface area contributed by atoms with Gasteiger partial charge >= 0.3 is 0 Å². The van der Waals surface area contributed by atoms with Gasteiger partial charge in [0, 0.05) is 6.42 Å². The number of hydrogen-bond acceptors (Lipinski definition) is 3. The van der Waals surface area contributed by atoms with Crippen LogP contribution in [0.3, 0.4) is 0 Å². The minimum absolute atomic E-state index is 0.0702. The predicted octanol–water partition coefficient (Wildman–Crippen LogP) is 22.4. The van der Waals surface area contributed by atoms with Gasteiger partial charge in [-0.15, -0.1) is 0 Å². The molecule has 2 atom stereocenters. The van der Waals surface area contributed by atoms with Gasteiger partial charge in [0.05, 0.1) is 18.8 Å². The Kier molecular flexibility index (Phi) is 62.7. The van der Waals surface area contributed by atoms with E-state index < -0.39 is 12.1 Å². The smallest absolute Gasteiger partial charge is 0.220 e. The molecular weight excluding hydrogens is 879 g/mol. The monoisotopic (exact) mass is 1010 g/mol. The summed E-state index contributed by atoms with van der Waals surface area (Å²) in [4.78, 5) is 12.5. The molecule has 0 rings (SSSR count). The molecule has 0 aliphatic carbocycles. The van der Waals surface area contributed by atoms with E-state index in [-0.39, 0.29) is 12.5 Å². The summed E-state index contributed by atoms with van der Waals surface area (Å²) >= 11 is 0. The van der Waals surface area contributed by atoms with Gasteiger partial charge in [-0.2, -0.15) is 0 Å². The lowest BCUT2D eigenvalue weighted by Crippen LogP contribution is -2.45. The molecule has 0 bridgehead atoms. The Hall–Kier alpha value is -1.39. The van der Waals surface area contributed by atoms with E-state index in [4.69, 9.17) is 0 Å². The van der Waals surface area contributed by atoms with E-state index in [2.05, 4.69) is 43.5 Å². The van der Waals surface area contributed by atoms with Crippen LogP contribution in [0.4, 0.5) is 0 Å². The van der Waals surface area contributed by atoms with Gasteiger partial charge in [-0.05, 0) is 44.9 Å². The van der Waals surface area contributed by atoms with Gasteiger partial charge in [-0.1, -0.05) is 359 Å². The number of rotatable bonds is 62. The van der Waals surface area contributed by atoms with Crippen LogP contribution < -0.4 is 5.32 Å². The van der Waals surface area contributed by atoms with Gasteiger partial charge < -0.3 is 15.5 Å². The maximum atomic E-state index is 12.5. The fraction of sp³-hybridized carbons (Fsp3) is 0.897. The lowest BCUT2D eigenvalue weighted by atomic mass is 10.0. The molecule has 426 valence electrons. The van der Waals surface area contributed by atoms with Crippen molar-refractivity contribution in [1.29, 1.82) is 0 Å². The largest absolute Gasteiger partial charge is 0.394 e. The molecule has 0 aromatic carbocycles. The summed E-state index contributed by atoms with van der Waals surface area (Å²) in [7, 11) is 0. The zero-order chi connectivity index (χ0) is 52.0. The Morgan fingerprint density at radius 2 is 0.542 bits per heavy atom. The summed E-state index contributed by atoms with van der Waals surface area (Å²) in [6.45, 7) is 4.34. The zero-order valence-corrected chi connectivity index (χ0v) is 49.2. The van der Waals surface area contributed by atoms with Crippen LogP contribution in [-0.2, 0) is 4.79 Å². The molecule has 0 aromatic rings. The van der Waals surface area contributed by atoms with E-state index in [9.17, 15) is 15.0 Å². The summed E-state index contributed by atoms with van der Waals surface area (Å²) in [6.07, 6.45) is 88.0. The second-order valence-electron chi connectivity index (χ2n) is 22.9. The second-order valence-corrected chi connectivity index (χ2v) is 22.9. The SMILES string of the molecule is CCCCCCCCCCCCCCC/C=C/CC/C=C/CC/C=C/C(O)C(CO)NC(=O)CCCCCCCCCCCCCCCCCCCCCCCCCCCCCCCCCCCCCCC. The zero-order valence-electron chi connectivity index (χ0n) is 49.2. The molecular formula is C68H131NO3. The van der Waals surface area contributed by atoms with E-state index >= 15 is 0 Å². The van der Waals surface area contributed by atoms with Crippen molar-refractivity contribution >= 4 is 5.91 Å². The van der Waals surface area contributed by atoms with Crippen molar-refractivity contribution in [3.8, 4) is 0 Å². The van der Waals surface area contributed by atoms with E-state index in [1.165, 1.54) is 315 Å². The van der Waals surface area contributed by atoms with Gasteiger partial charge in [-0.3, -0.25) is 4.79 Å². The summed E-state index contributed by atoms with van der Waals surface area (Å²) in [6, 6.07) is -0.645. The summed E-state index contributed by atoms with van der Waals surface area (Å²) < 4.78 is 0. The average Bonchev–Trinajstić information content (AvgIpc) is 3.39. The molecule has 4 nitrogen and oxygen atoms in total. The lowest BCUT2D eigenvalue weighted by Gasteiger charge is -2.19. The Balaban J connectivity index is 3.43. The number of nitrogens with one attached hydrogen (secondary N) is 1. The highest BCUT2D eigenvalue weighted by molar-refractivity contribution is 5.76. The van der Waals surface area contributed by atoms with Crippen LogP contribution in [0.25, 0.3) is 0 Å². The normalized spacial score (nSPS) is 12.9. The number of carbonyl (C=O) groups excluding carboxylic acids is 1. The molecule has 0 radical (unpaired) electrons. The standard InChI is InChI=1S/C68H131NO3/c1-3-5-7-9-11-13-15-17-19-21-23-25-27-28-29-30-31-32-33-34-35-36-37-38-39-40-42-44-46-48-50-52-54-56-58-60-62-64-68(72)69-66(65-70)67(71)63-61-59-57-55-53-51-49-47-45-43-41-26-24-22-20-18-16-14-12-10-8-6-4-2/h45,47,53,55,61,63,66-67,70-71H,3-44,46,48-52,54,56-60,62,64-65H2,1-2H3,(H,69,72)/b47-45+,55-53+,63-61+. The third-order valence-electron chi connectivity index (χ3n) is 15.6. The van der Waals surface area contributed by atoms with E-state index in [1.807, 2.05) is 6.08 Å². The van der Waals surface area contributed by atoms with E-state index in [0.29, 0.717) is 6.42 Å². The molecule has 1 amide bonds. The summed E-state index contributed by atoms with van der Waals surface area (Å²) in [5.41, 5.74) is 0. The molecule has 0 aliphatic heterocycles. The molecule has 0 aliphatic rings. The molecule has 4 heteroatoms.